The van der Waals surface area contributed by atoms with Gasteiger partial charge in [-0.15, -0.1) is 0 Å². The van der Waals surface area contributed by atoms with Crippen molar-refractivity contribution in [2.75, 3.05) is 19.6 Å². The number of carbonyl (C=O) groups excluding carboxylic acids is 1. The van der Waals surface area contributed by atoms with E-state index >= 15 is 0 Å². The number of hydrogen-bond donors (Lipinski definition) is 1. The van der Waals surface area contributed by atoms with Crippen LogP contribution in [0.3, 0.4) is 0 Å². The number of aromatic nitrogens is 3. The molecule has 2 atom stereocenters. The Morgan fingerprint density at radius 3 is 2.89 bits per heavy atom. The molecule has 3 aliphatic rings. The zero-order valence-electron chi connectivity index (χ0n) is 20.6. The maximum Gasteiger partial charge on any atom is 0.252 e. The number of fused-ring (bicyclic) bond motifs is 2. The largest absolute Gasteiger partial charge is 0.361 e. The number of nitrogens with one attached hydrogen (secondary N) is 1. The molecule has 35 heavy (non-hydrogen) atoms. The molecule has 1 amide bonds. The minimum atomic E-state index is -0.398. The number of piperidine rings is 1. The third-order valence-corrected chi connectivity index (χ3v) is 8.66. The van der Waals surface area contributed by atoms with Crippen LogP contribution in [0.2, 0.25) is 0 Å². The van der Waals surface area contributed by atoms with Gasteiger partial charge in [0.25, 0.3) is 5.91 Å². The molecule has 186 valence electrons. The minimum absolute atomic E-state index is 0.132. The predicted octanol–water partition coefficient (Wildman–Crippen LogP) is 4.22. The van der Waals surface area contributed by atoms with Crippen molar-refractivity contribution in [1.29, 1.82) is 0 Å². The Morgan fingerprint density at radius 2 is 2.11 bits per heavy atom. The van der Waals surface area contributed by atoms with Gasteiger partial charge in [-0.2, -0.15) is 5.10 Å². The Labute approximate surface area is 205 Å². The van der Waals surface area contributed by atoms with Crippen LogP contribution in [0.15, 0.2) is 28.9 Å². The summed E-state index contributed by atoms with van der Waals surface area (Å²) in [6, 6.07) is 5.25. The lowest BCUT2D eigenvalue weighted by molar-refractivity contribution is 0.0921. The molecule has 8 heteroatoms. The SMILES string of the molecule is CCc1cc([C@]23C[C@H]2CN(CCC2CCC(NC(=O)c4ccc(F)c5nn(C)cc45)CC2)C3)no1. The number of halogens is 1. The summed E-state index contributed by atoms with van der Waals surface area (Å²) < 4.78 is 21.1. The third kappa shape index (κ3) is 4.15. The van der Waals surface area contributed by atoms with Crippen molar-refractivity contribution >= 4 is 16.8 Å². The second kappa shape index (κ2) is 8.73. The van der Waals surface area contributed by atoms with Crippen LogP contribution >= 0.6 is 0 Å². The van der Waals surface area contributed by atoms with Gasteiger partial charge < -0.3 is 14.7 Å². The van der Waals surface area contributed by atoms with E-state index in [1.165, 1.54) is 31.1 Å². The van der Waals surface area contributed by atoms with Gasteiger partial charge in [0, 0.05) is 55.7 Å². The lowest BCUT2D eigenvalue weighted by Gasteiger charge is -2.30. The summed E-state index contributed by atoms with van der Waals surface area (Å²) in [5, 5.41) is 12.3. The highest BCUT2D eigenvalue weighted by Gasteiger charge is 2.62. The average molecular weight is 480 g/mol. The van der Waals surface area contributed by atoms with Crippen LogP contribution in [0.4, 0.5) is 4.39 Å². The molecule has 2 aromatic heterocycles. The fraction of sp³-hybridized carbons (Fsp3) is 0.593. The summed E-state index contributed by atoms with van der Waals surface area (Å²) >= 11 is 0. The highest BCUT2D eigenvalue weighted by Crippen LogP contribution is 2.58. The van der Waals surface area contributed by atoms with Crippen LogP contribution in [0.1, 0.15) is 67.3 Å². The molecule has 2 saturated carbocycles. The normalized spacial score (nSPS) is 28.4. The van der Waals surface area contributed by atoms with Gasteiger partial charge in [-0.05, 0) is 69.0 Å². The van der Waals surface area contributed by atoms with Crippen molar-refractivity contribution in [1.82, 2.24) is 25.2 Å². The fourth-order valence-corrected chi connectivity index (χ4v) is 6.48. The van der Waals surface area contributed by atoms with Gasteiger partial charge in [0.15, 0.2) is 5.82 Å². The quantitative estimate of drug-likeness (QED) is 0.549. The lowest BCUT2D eigenvalue weighted by Crippen LogP contribution is -2.38. The first-order chi connectivity index (χ1) is 16.9. The summed E-state index contributed by atoms with van der Waals surface area (Å²) in [7, 11) is 1.74. The number of carbonyl (C=O) groups is 1. The first kappa shape index (κ1) is 22.7. The highest BCUT2D eigenvalue weighted by atomic mass is 19.1. The molecule has 1 saturated heterocycles. The minimum Gasteiger partial charge on any atom is -0.361 e. The molecule has 0 unspecified atom stereocenters. The standard InChI is InChI=1S/C27H34FN5O2/c1-3-20-12-24(31-35-20)27-13-18(27)14-33(16-27)11-10-17-4-6-19(7-5-17)29-26(34)21-8-9-23(28)25-22(21)15-32(2)30-25/h8-9,12,15,17-19H,3-7,10-11,13-14,16H2,1-2H3,(H,29,34)/t17?,18-,19?,27-/m0/s1. The average Bonchev–Trinajstić information content (AvgIpc) is 3.24. The first-order valence-corrected chi connectivity index (χ1v) is 13.1. The Bertz CT molecular complexity index is 1240. The van der Waals surface area contributed by atoms with E-state index in [9.17, 15) is 9.18 Å². The summed E-state index contributed by atoms with van der Waals surface area (Å²) in [4.78, 5) is 15.6. The predicted molar refractivity (Wildman–Crippen MR) is 131 cm³/mol. The van der Waals surface area contributed by atoms with Crippen LogP contribution in [-0.2, 0) is 18.9 Å². The van der Waals surface area contributed by atoms with E-state index in [0.717, 1.165) is 56.9 Å². The topological polar surface area (TPSA) is 76.2 Å². The fourth-order valence-electron chi connectivity index (χ4n) is 6.48. The Morgan fingerprint density at radius 1 is 1.29 bits per heavy atom. The molecule has 3 heterocycles. The zero-order valence-corrected chi connectivity index (χ0v) is 20.6. The van der Waals surface area contributed by atoms with Crippen molar-refractivity contribution in [2.24, 2.45) is 18.9 Å². The maximum atomic E-state index is 14.1. The number of hydrogen-bond acceptors (Lipinski definition) is 5. The van der Waals surface area contributed by atoms with Crippen molar-refractivity contribution < 1.29 is 13.7 Å². The van der Waals surface area contributed by atoms with Gasteiger partial charge in [-0.25, -0.2) is 4.39 Å². The summed E-state index contributed by atoms with van der Waals surface area (Å²) in [6.45, 7) is 5.54. The van der Waals surface area contributed by atoms with Crippen molar-refractivity contribution in [2.45, 2.75) is 63.3 Å². The number of likely N-dealkylation sites (tertiary alicyclic amines) is 1. The summed E-state index contributed by atoms with van der Waals surface area (Å²) in [6.07, 6.45) is 9.36. The molecule has 2 aliphatic carbocycles. The Hall–Kier alpha value is -2.74. The monoisotopic (exact) mass is 479 g/mol. The Balaban J connectivity index is 0.979. The van der Waals surface area contributed by atoms with E-state index in [-0.39, 0.29) is 22.9 Å². The van der Waals surface area contributed by atoms with Crippen LogP contribution in [0.5, 0.6) is 0 Å². The van der Waals surface area contributed by atoms with Gasteiger partial charge in [0.05, 0.1) is 11.3 Å². The van der Waals surface area contributed by atoms with Crippen LogP contribution in [-0.4, -0.2) is 51.4 Å². The third-order valence-electron chi connectivity index (χ3n) is 8.66. The molecular weight excluding hydrogens is 445 g/mol. The van der Waals surface area contributed by atoms with E-state index in [1.807, 2.05) is 0 Å². The summed E-state index contributed by atoms with van der Waals surface area (Å²) in [5.74, 6) is 1.91. The molecule has 6 rings (SSSR count). The van der Waals surface area contributed by atoms with Gasteiger partial charge in [-0.3, -0.25) is 9.48 Å². The summed E-state index contributed by atoms with van der Waals surface area (Å²) in [5.41, 5.74) is 2.16. The molecule has 0 radical (unpaired) electrons. The number of amides is 1. The van der Waals surface area contributed by atoms with Gasteiger partial charge in [0.2, 0.25) is 0 Å². The molecule has 0 bridgehead atoms. The molecule has 0 spiro atoms. The van der Waals surface area contributed by atoms with Gasteiger partial charge in [-0.1, -0.05) is 12.1 Å². The van der Waals surface area contributed by atoms with Crippen molar-refractivity contribution in [3.05, 3.63) is 47.2 Å². The van der Waals surface area contributed by atoms with E-state index in [2.05, 4.69) is 33.5 Å². The van der Waals surface area contributed by atoms with Crippen molar-refractivity contribution in [3.63, 3.8) is 0 Å². The van der Waals surface area contributed by atoms with E-state index in [4.69, 9.17) is 4.52 Å². The van der Waals surface area contributed by atoms with Crippen molar-refractivity contribution in [3.8, 4) is 0 Å². The maximum absolute atomic E-state index is 14.1. The van der Waals surface area contributed by atoms with E-state index in [0.29, 0.717) is 16.9 Å². The molecule has 3 fully saturated rings. The van der Waals surface area contributed by atoms with Crippen LogP contribution in [0, 0.1) is 17.7 Å². The number of rotatable bonds is 7. The first-order valence-electron chi connectivity index (χ1n) is 13.1. The smallest absolute Gasteiger partial charge is 0.252 e. The Kier molecular flexibility index (Phi) is 5.66. The molecule has 7 nitrogen and oxygen atoms in total. The van der Waals surface area contributed by atoms with Gasteiger partial charge in [0.1, 0.15) is 11.3 Å². The molecule has 1 aliphatic heterocycles. The molecular formula is C27H34FN5O2. The highest BCUT2D eigenvalue weighted by molar-refractivity contribution is 6.06. The van der Waals surface area contributed by atoms with Gasteiger partial charge >= 0.3 is 0 Å². The lowest BCUT2D eigenvalue weighted by atomic mass is 9.84. The van der Waals surface area contributed by atoms with E-state index in [1.54, 1.807) is 24.0 Å². The number of nitrogens with zero attached hydrogens (tertiary/aromatic N) is 4. The van der Waals surface area contributed by atoms with E-state index < -0.39 is 5.82 Å². The molecule has 1 aromatic carbocycles. The van der Waals surface area contributed by atoms with Crippen LogP contribution in [0.25, 0.3) is 10.9 Å². The number of aryl methyl sites for hydroxylation is 2. The molecule has 1 N–H and O–H groups in total. The second-order valence-corrected chi connectivity index (χ2v) is 11.0. The number of benzene rings is 1. The zero-order chi connectivity index (χ0) is 24.2. The molecule has 3 aromatic rings. The second-order valence-electron chi connectivity index (χ2n) is 11.0. The van der Waals surface area contributed by atoms with Crippen LogP contribution < -0.4 is 5.32 Å².